The molecule has 1 heterocycles. The van der Waals surface area contributed by atoms with Crippen molar-refractivity contribution in [3.8, 4) is 0 Å². The topological polar surface area (TPSA) is 17.8 Å². The first-order valence-corrected chi connectivity index (χ1v) is 7.19. The van der Waals surface area contributed by atoms with Crippen LogP contribution in [0.2, 0.25) is 0 Å². The van der Waals surface area contributed by atoms with Gasteiger partial charge in [-0.05, 0) is 31.2 Å². The van der Waals surface area contributed by atoms with Crippen molar-refractivity contribution in [2.75, 3.05) is 0 Å². The Labute approximate surface area is 106 Å². The minimum Gasteiger partial charge on any atom is -0.275 e. The fourth-order valence-electron chi connectivity index (χ4n) is 2.64. The van der Waals surface area contributed by atoms with Gasteiger partial charge in [0.05, 0.1) is 5.69 Å². The number of hydrogen-bond acceptors (Lipinski definition) is 1. The highest BCUT2D eigenvalue weighted by Gasteiger charge is 2.15. The molecular weight excluding hydrogens is 208 g/mol. The Kier molecular flexibility index (Phi) is 6.31. The Morgan fingerprint density at radius 2 is 1.88 bits per heavy atom. The molecule has 1 unspecified atom stereocenters. The molecule has 1 aromatic heterocycles. The summed E-state index contributed by atoms with van der Waals surface area (Å²) in [6.45, 7) is 6.70. The zero-order valence-electron chi connectivity index (χ0n) is 12.0. The zero-order valence-corrected chi connectivity index (χ0v) is 12.0. The molecule has 0 bridgehead atoms. The average Bonchev–Trinajstić information content (AvgIpc) is 2.62. The molecule has 1 aromatic rings. The summed E-state index contributed by atoms with van der Waals surface area (Å²) < 4.78 is 1.96. The van der Waals surface area contributed by atoms with E-state index in [2.05, 4.69) is 32.1 Å². The van der Waals surface area contributed by atoms with Gasteiger partial charge in [-0.2, -0.15) is 5.10 Å². The van der Waals surface area contributed by atoms with Gasteiger partial charge >= 0.3 is 0 Å². The van der Waals surface area contributed by atoms with Gasteiger partial charge < -0.3 is 0 Å². The fraction of sp³-hybridized carbons (Fsp3) is 0.800. The van der Waals surface area contributed by atoms with Crippen molar-refractivity contribution >= 4 is 0 Å². The van der Waals surface area contributed by atoms with Gasteiger partial charge in [0, 0.05) is 13.2 Å². The maximum absolute atomic E-state index is 4.48. The fourth-order valence-corrected chi connectivity index (χ4v) is 2.64. The number of hydrogen-bond donors (Lipinski definition) is 0. The standard InChI is InChI=1S/C15H28N2/c1-5-7-8-9-11-14(10-6-2)15-12-17(4)16-13(15)3/h12,14H,5-11H2,1-4H3. The van der Waals surface area contributed by atoms with Gasteiger partial charge in [0.25, 0.3) is 0 Å². The minimum atomic E-state index is 0.727. The summed E-state index contributed by atoms with van der Waals surface area (Å²) in [7, 11) is 2.02. The quantitative estimate of drug-likeness (QED) is 0.604. The van der Waals surface area contributed by atoms with E-state index in [1.807, 2.05) is 11.7 Å². The lowest BCUT2D eigenvalue weighted by Gasteiger charge is -2.15. The van der Waals surface area contributed by atoms with E-state index in [0.29, 0.717) is 0 Å². The van der Waals surface area contributed by atoms with Crippen LogP contribution in [0.3, 0.4) is 0 Å². The maximum Gasteiger partial charge on any atom is 0.0628 e. The highest BCUT2D eigenvalue weighted by Crippen LogP contribution is 2.29. The van der Waals surface area contributed by atoms with Crippen molar-refractivity contribution in [1.82, 2.24) is 9.78 Å². The van der Waals surface area contributed by atoms with Crippen molar-refractivity contribution in [1.29, 1.82) is 0 Å². The van der Waals surface area contributed by atoms with Crippen molar-refractivity contribution in [2.45, 2.75) is 71.6 Å². The average molecular weight is 236 g/mol. The number of aromatic nitrogens is 2. The summed E-state index contributed by atoms with van der Waals surface area (Å²) in [5.41, 5.74) is 2.70. The number of aryl methyl sites for hydroxylation is 2. The molecule has 0 saturated heterocycles. The molecule has 0 N–H and O–H groups in total. The molecule has 0 radical (unpaired) electrons. The van der Waals surface area contributed by atoms with E-state index in [1.54, 1.807) is 0 Å². The van der Waals surface area contributed by atoms with E-state index in [-0.39, 0.29) is 0 Å². The summed E-state index contributed by atoms with van der Waals surface area (Å²) >= 11 is 0. The van der Waals surface area contributed by atoms with Crippen LogP contribution in [0, 0.1) is 6.92 Å². The van der Waals surface area contributed by atoms with Gasteiger partial charge in [-0.25, -0.2) is 0 Å². The van der Waals surface area contributed by atoms with Crippen LogP contribution < -0.4 is 0 Å². The maximum atomic E-state index is 4.48. The molecular formula is C15H28N2. The van der Waals surface area contributed by atoms with Crippen LogP contribution >= 0.6 is 0 Å². The Bertz CT molecular complexity index is 315. The van der Waals surface area contributed by atoms with Gasteiger partial charge in [0.1, 0.15) is 0 Å². The molecule has 0 amide bonds. The smallest absolute Gasteiger partial charge is 0.0628 e. The highest BCUT2D eigenvalue weighted by atomic mass is 15.2. The second-order valence-corrected chi connectivity index (χ2v) is 5.18. The van der Waals surface area contributed by atoms with Crippen molar-refractivity contribution in [3.05, 3.63) is 17.5 Å². The molecule has 1 atom stereocenters. The third kappa shape index (κ3) is 4.53. The summed E-state index contributed by atoms with van der Waals surface area (Å²) in [6.07, 6.45) is 11.6. The molecule has 0 aliphatic rings. The Morgan fingerprint density at radius 3 is 2.41 bits per heavy atom. The number of unbranched alkanes of at least 4 members (excludes halogenated alkanes) is 3. The van der Waals surface area contributed by atoms with Crippen LogP contribution in [0.1, 0.15) is 76.0 Å². The Hall–Kier alpha value is -0.790. The lowest BCUT2D eigenvalue weighted by atomic mass is 9.90. The molecule has 1 rings (SSSR count). The van der Waals surface area contributed by atoms with E-state index in [4.69, 9.17) is 0 Å². The lowest BCUT2D eigenvalue weighted by molar-refractivity contribution is 0.519. The van der Waals surface area contributed by atoms with Gasteiger partial charge in [-0.3, -0.25) is 4.68 Å². The third-order valence-electron chi connectivity index (χ3n) is 3.53. The summed E-state index contributed by atoms with van der Waals surface area (Å²) in [6, 6.07) is 0. The minimum absolute atomic E-state index is 0.727. The molecule has 0 fully saturated rings. The molecule has 0 spiro atoms. The van der Waals surface area contributed by atoms with E-state index in [1.165, 1.54) is 56.2 Å². The monoisotopic (exact) mass is 236 g/mol. The van der Waals surface area contributed by atoms with Crippen LogP contribution in [-0.2, 0) is 7.05 Å². The molecule has 0 aliphatic heterocycles. The largest absolute Gasteiger partial charge is 0.275 e. The lowest BCUT2D eigenvalue weighted by Crippen LogP contribution is -1.99. The van der Waals surface area contributed by atoms with E-state index in [9.17, 15) is 0 Å². The summed E-state index contributed by atoms with van der Waals surface area (Å²) in [4.78, 5) is 0. The molecule has 0 saturated carbocycles. The molecule has 0 aromatic carbocycles. The van der Waals surface area contributed by atoms with Crippen molar-refractivity contribution in [2.24, 2.45) is 7.05 Å². The van der Waals surface area contributed by atoms with Gasteiger partial charge in [-0.1, -0.05) is 46.0 Å². The molecule has 0 aliphatic carbocycles. The second kappa shape index (κ2) is 7.52. The molecule has 17 heavy (non-hydrogen) atoms. The van der Waals surface area contributed by atoms with E-state index < -0.39 is 0 Å². The van der Waals surface area contributed by atoms with Crippen LogP contribution in [-0.4, -0.2) is 9.78 Å². The van der Waals surface area contributed by atoms with Crippen LogP contribution in [0.15, 0.2) is 6.20 Å². The van der Waals surface area contributed by atoms with Gasteiger partial charge in [-0.15, -0.1) is 0 Å². The number of nitrogens with zero attached hydrogens (tertiary/aromatic N) is 2. The van der Waals surface area contributed by atoms with Gasteiger partial charge in [0.15, 0.2) is 0 Å². The molecule has 2 nitrogen and oxygen atoms in total. The number of rotatable bonds is 8. The highest BCUT2D eigenvalue weighted by molar-refractivity contribution is 5.20. The predicted octanol–water partition coefficient (Wildman–Crippen LogP) is 4.58. The SMILES string of the molecule is CCCCCCC(CCC)c1cn(C)nc1C. The van der Waals surface area contributed by atoms with Crippen molar-refractivity contribution in [3.63, 3.8) is 0 Å². The first kappa shape index (κ1) is 14.3. The summed E-state index contributed by atoms with van der Waals surface area (Å²) in [5, 5.41) is 4.48. The first-order chi connectivity index (χ1) is 8.19. The Balaban J connectivity index is 2.55. The third-order valence-corrected chi connectivity index (χ3v) is 3.53. The normalized spacial score (nSPS) is 12.9. The van der Waals surface area contributed by atoms with Gasteiger partial charge in [0.2, 0.25) is 0 Å². The first-order valence-electron chi connectivity index (χ1n) is 7.19. The van der Waals surface area contributed by atoms with Crippen LogP contribution in [0.4, 0.5) is 0 Å². The van der Waals surface area contributed by atoms with Crippen LogP contribution in [0.5, 0.6) is 0 Å². The van der Waals surface area contributed by atoms with Crippen molar-refractivity contribution < 1.29 is 0 Å². The molecule has 98 valence electrons. The van der Waals surface area contributed by atoms with E-state index >= 15 is 0 Å². The van der Waals surface area contributed by atoms with E-state index in [0.717, 1.165) is 5.92 Å². The zero-order chi connectivity index (χ0) is 12.7. The summed E-state index contributed by atoms with van der Waals surface area (Å²) in [5.74, 6) is 0.727. The Morgan fingerprint density at radius 1 is 1.12 bits per heavy atom. The second-order valence-electron chi connectivity index (χ2n) is 5.18. The predicted molar refractivity (Wildman–Crippen MR) is 74.4 cm³/mol. The van der Waals surface area contributed by atoms with Crippen LogP contribution in [0.25, 0.3) is 0 Å². The molecule has 2 heteroatoms.